The molecule has 2 aromatic rings. The Hall–Kier alpha value is -2.67. The molecule has 0 aliphatic rings. The largest absolute Gasteiger partial charge is 0.271 e. The number of nitrogens with one attached hydrogen (secondary N) is 1. The third kappa shape index (κ3) is 6.16. The molecule has 0 unspecified atom stereocenters. The predicted octanol–water partition coefficient (Wildman–Crippen LogP) is 4.42. The molecular weight excluding hydrogens is 398 g/mol. The van der Waals surface area contributed by atoms with E-state index < -0.39 is 10.0 Å². The Bertz CT molecular complexity index is 1050. The van der Waals surface area contributed by atoms with Crippen molar-refractivity contribution in [1.29, 1.82) is 0 Å². The first-order chi connectivity index (χ1) is 13.8. The van der Waals surface area contributed by atoms with Crippen LogP contribution in [-0.4, -0.2) is 26.3 Å². The number of hydrogen-bond acceptors (Lipinski definition) is 4. The molecule has 0 atom stereocenters. The Kier molecular flexibility index (Phi) is 7.08. The van der Waals surface area contributed by atoms with Gasteiger partial charge in [0, 0.05) is 16.7 Å². The standard InChI is InChI=1S/C23H31N3O3S/c1-16-8-13-21(14-17(16)2)26(30(7,28)29)15-19-9-11-20(12-10-19)22(27)25-24-18(3)23(4,5)6/h8-14H,15H2,1-7H3,(H,25,27). The summed E-state index contributed by atoms with van der Waals surface area (Å²) < 4.78 is 26.1. The molecule has 1 amide bonds. The third-order valence-corrected chi connectivity index (χ3v) is 6.27. The van der Waals surface area contributed by atoms with Crippen LogP contribution < -0.4 is 9.73 Å². The van der Waals surface area contributed by atoms with Crippen LogP contribution in [0, 0.1) is 19.3 Å². The number of hydrogen-bond donors (Lipinski definition) is 1. The number of aryl methyl sites for hydroxylation is 2. The smallest absolute Gasteiger partial charge is 0.267 e. The lowest BCUT2D eigenvalue weighted by molar-refractivity contribution is 0.0954. The van der Waals surface area contributed by atoms with E-state index in [1.54, 1.807) is 30.3 Å². The van der Waals surface area contributed by atoms with Gasteiger partial charge in [0.05, 0.1) is 18.5 Å². The normalized spacial score (nSPS) is 12.6. The Morgan fingerprint density at radius 1 is 1.03 bits per heavy atom. The monoisotopic (exact) mass is 429 g/mol. The summed E-state index contributed by atoms with van der Waals surface area (Å²) in [7, 11) is -3.47. The molecular formula is C23H31N3O3S. The van der Waals surface area contributed by atoms with Gasteiger partial charge in [-0.1, -0.05) is 39.0 Å². The molecule has 2 rings (SSSR count). The number of rotatable bonds is 6. The van der Waals surface area contributed by atoms with Gasteiger partial charge in [-0.2, -0.15) is 5.10 Å². The minimum atomic E-state index is -3.47. The first-order valence-corrected chi connectivity index (χ1v) is 11.6. The maximum absolute atomic E-state index is 12.4. The first kappa shape index (κ1) is 23.6. The summed E-state index contributed by atoms with van der Waals surface area (Å²) in [6, 6.07) is 12.5. The van der Waals surface area contributed by atoms with E-state index >= 15 is 0 Å². The van der Waals surface area contributed by atoms with E-state index in [2.05, 4.69) is 10.5 Å². The topological polar surface area (TPSA) is 78.8 Å². The van der Waals surface area contributed by atoms with Gasteiger partial charge < -0.3 is 0 Å². The zero-order valence-corrected chi connectivity index (χ0v) is 19.6. The van der Waals surface area contributed by atoms with E-state index in [0.717, 1.165) is 22.4 Å². The molecule has 0 saturated heterocycles. The number of carbonyl (C=O) groups is 1. The highest BCUT2D eigenvalue weighted by Gasteiger charge is 2.19. The average Bonchev–Trinajstić information content (AvgIpc) is 2.65. The molecule has 0 aromatic heterocycles. The van der Waals surface area contributed by atoms with Crippen LogP contribution >= 0.6 is 0 Å². The van der Waals surface area contributed by atoms with Crippen LogP contribution in [-0.2, 0) is 16.6 Å². The number of nitrogens with zero attached hydrogens (tertiary/aromatic N) is 2. The van der Waals surface area contributed by atoms with Gasteiger partial charge in [0.2, 0.25) is 10.0 Å². The van der Waals surface area contributed by atoms with Gasteiger partial charge >= 0.3 is 0 Å². The lowest BCUT2D eigenvalue weighted by atomic mass is 9.91. The van der Waals surface area contributed by atoms with E-state index in [1.165, 1.54) is 10.6 Å². The van der Waals surface area contributed by atoms with Gasteiger partial charge in [0.25, 0.3) is 5.91 Å². The number of anilines is 1. The van der Waals surface area contributed by atoms with Crippen molar-refractivity contribution >= 4 is 27.3 Å². The van der Waals surface area contributed by atoms with Gasteiger partial charge in [-0.25, -0.2) is 13.8 Å². The summed E-state index contributed by atoms with van der Waals surface area (Å²) in [6.45, 7) is 12.1. The van der Waals surface area contributed by atoms with Crippen molar-refractivity contribution in [2.75, 3.05) is 10.6 Å². The Balaban J connectivity index is 2.20. The Morgan fingerprint density at radius 3 is 2.13 bits per heavy atom. The molecule has 0 heterocycles. The molecule has 0 radical (unpaired) electrons. The van der Waals surface area contributed by atoms with Gasteiger partial charge in [-0.3, -0.25) is 9.10 Å². The molecule has 0 fully saturated rings. The van der Waals surface area contributed by atoms with Crippen molar-refractivity contribution in [1.82, 2.24) is 5.43 Å². The third-order valence-electron chi connectivity index (χ3n) is 5.13. The van der Waals surface area contributed by atoms with Crippen LogP contribution in [0.25, 0.3) is 0 Å². The maximum Gasteiger partial charge on any atom is 0.271 e. The minimum Gasteiger partial charge on any atom is -0.267 e. The van der Waals surface area contributed by atoms with Crippen LogP contribution in [0.5, 0.6) is 0 Å². The lowest BCUT2D eigenvalue weighted by Crippen LogP contribution is -2.29. The average molecular weight is 430 g/mol. The van der Waals surface area contributed by atoms with Crippen molar-refractivity contribution in [2.24, 2.45) is 10.5 Å². The Morgan fingerprint density at radius 2 is 1.63 bits per heavy atom. The van der Waals surface area contributed by atoms with Crippen LogP contribution in [0.2, 0.25) is 0 Å². The fraction of sp³-hybridized carbons (Fsp3) is 0.391. The number of amides is 1. The van der Waals surface area contributed by atoms with Crippen molar-refractivity contribution in [2.45, 2.75) is 48.1 Å². The van der Waals surface area contributed by atoms with Crippen molar-refractivity contribution in [3.8, 4) is 0 Å². The van der Waals surface area contributed by atoms with Crippen LogP contribution in [0.1, 0.15) is 54.7 Å². The number of hydrazone groups is 1. The van der Waals surface area contributed by atoms with Crippen molar-refractivity contribution in [3.63, 3.8) is 0 Å². The molecule has 0 aliphatic heterocycles. The van der Waals surface area contributed by atoms with Gasteiger partial charge in [0.1, 0.15) is 0 Å². The second-order valence-electron chi connectivity index (χ2n) is 8.62. The summed E-state index contributed by atoms with van der Waals surface area (Å²) in [5.41, 5.74) is 7.26. The Labute approximate surface area is 180 Å². The maximum atomic E-state index is 12.4. The quantitative estimate of drug-likeness (QED) is 0.545. The number of carbonyl (C=O) groups excluding carboxylic acids is 1. The molecule has 162 valence electrons. The molecule has 30 heavy (non-hydrogen) atoms. The summed E-state index contributed by atoms with van der Waals surface area (Å²) in [6.07, 6.45) is 1.19. The van der Waals surface area contributed by atoms with E-state index in [-0.39, 0.29) is 17.9 Å². The summed E-state index contributed by atoms with van der Waals surface area (Å²) >= 11 is 0. The van der Waals surface area contributed by atoms with E-state index in [0.29, 0.717) is 11.3 Å². The predicted molar refractivity (Wildman–Crippen MR) is 123 cm³/mol. The molecule has 2 aromatic carbocycles. The molecule has 0 saturated carbocycles. The molecule has 0 spiro atoms. The zero-order chi connectivity index (χ0) is 22.7. The van der Waals surface area contributed by atoms with Gasteiger partial charge in [-0.05, 0) is 61.7 Å². The highest BCUT2D eigenvalue weighted by molar-refractivity contribution is 7.92. The van der Waals surface area contributed by atoms with Crippen LogP contribution in [0.3, 0.4) is 0 Å². The minimum absolute atomic E-state index is 0.124. The fourth-order valence-electron chi connectivity index (χ4n) is 2.57. The van der Waals surface area contributed by atoms with E-state index in [1.807, 2.05) is 53.7 Å². The van der Waals surface area contributed by atoms with Gasteiger partial charge in [-0.15, -0.1) is 0 Å². The second-order valence-corrected chi connectivity index (χ2v) is 10.5. The number of sulfonamides is 1. The molecule has 0 bridgehead atoms. The lowest BCUT2D eigenvalue weighted by Gasteiger charge is -2.23. The highest BCUT2D eigenvalue weighted by atomic mass is 32.2. The van der Waals surface area contributed by atoms with Gasteiger partial charge in [0.15, 0.2) is 0 Å². The zero-order valence-electron chi connectivity index (χ0n) is 18.8. The van der Waals surface area contributed by atoms with Crippen molar-refractivity contribution < 1.29 is 13.2 Å². The molecule has 0 aliphatic carbocycles. The molecule has 7 heteroatoms. The van der Waals surface area contributed by atoms with Crippen molar-refractivity contribution in [3.05, 3.63) is 64.7 Å². The summed E-state index contributed by atoms with van der Waals surface area (Å²) in [5.74, 6) is -0.306. The molecule has 6 nitrogen and oxygen atoms in total. The van der Waals surface area contributed by atoms with Crippen LogP contribution in [0.15, 0.2) is 47.6 Å². The number of benzene rings is 2. The highest BCUT2D eigenvalue weighted by Crippen LogP contribution is 2.23. The SMILES string of the molecule is CC(=NNC(=O)c1ccc(CN(c2ccc(C)c(C)c2)S(C)(=O)=O)cc1)C(C)(C)C. The fourth-order valence-corrected chi connectivity index (χ4v) is 3.46. The van der Waals surface area contributed by atoms with Crippen LogP contribution in [0.4, 0.5) is 5.69 Å². The van der Waals surface area contributed by atoms with E-state index in [9.17, 15) is 13.2 Å². The van der Waals surface area contributed by atoms with E-state index in [4.69, 9.17) is 0 Å². The second kappa shape index (κ2) is 9.00. The summed E-state index contributed by atoms with van der Waals surface area (Å²) in [5, 5.41) is 4.16. The molecule has 1 N–H and O–H groups in total. The first-order valence-electron chi connectivity index (χ1n) is 9.78. The summed E-state index contributed by atoms with van der Waals surface area (Å²) in [4.78, 5) is 12.3.